The third kappa shape index (κ3) is 2.97. The van der Waals surface area contributed by atoms with E-state index in [1.807, 2.05) is 12.1 Å². The molecule has 1 N–H and O–H groups in total. The van der Waals surface area contributed by atoms with E-state index in [1.54, 1.807) is 12.4 Å². The molecule has 0 spiro atoms. The molecule has 0 radical (unpaired) electrons. The molecule has 1 atom stereocenters. The van der Waals surface area contributed by atoms with Crippen molar-refractivity contribution in [2.45, 2.75) is 25.5 Å². The molecule has 0 aliphatic carbocycles. The molecular weight excluding hydrogens is 244 g/mol. The molecule has 0 amide bonds. The minimum Gasteiger partial charge on any atom is -0.392 e. The van der Waals surface area contributed by atoms with E-state index < -0.39 is 0 Å². The molecule has 2 aromatic rings. The van der Waals surface area contributed by atoms with E-state index in [0.717, 1.165) is 24.9 Å². The molecule has 1 aliphatic rings. The zero-order chi connectivity index (χ0) is 13.1. The van der Waals surface area contributed by atoms with Crippen LogP contribution in [0.3, 0.4) is 0 Å². The first-order valence-corrected chi connectivity index (χ1v) is 6.44. The summed E-state index contributed by atoms with van der Waals surface area (Å²) in [6.07, 6.45) is 5.05. The molecule has 6 nitrogen and oxygen atoms in total. The van der Waals surface area contributed by atoms with Gasteiger partial charge in [-0.3, -0.25) is 9.88 Å². The van der Waals surface area contributed by atoms with Gasteiger partial charge in [-0.1, -0.05) is 5.16 Å². The highest BCUT2D eigenvalue weighted by atomic mass is 16.5. The maximum absolute atomic E-state index is 9.63. The molecule has 2 aromatic heterocycles. The molecule has 1 unspecified atom stereocenters. The highest BCUT2D eigenvalue weighted by Crippen LogP contribution is 2.16. The van der Waals surface area contributed by atoms with Gasteiger partial charge in [0.05, 0.1) is 12.6 Å². The van der Waals surface area contributed by atoms with Gasteiger partial charge in [-0.15, -0.1) is 0 Å². The SMILES string of the molecule is OC1CCCN(Cc2nc(-c3ccncc3)no2)C1. The van der Waals surface area contributed by atoms with E-state index in [-0.39, 0.29) is 6.10 Å². The summed E-state index contributed by atoms with van der Waals surface area (Å²) in [5.41, 5.74) is 0.892. The van der Waals surface area contributed by atoms with E-state index in [1.165, 1.54) is 0 Å². The summed E-state index contributed by atoms with van der Waals surface area (Å²) in [7, 11) is 0. The first kappa shape index (κ1) is 12.3. The van der Waals surface area contributed by atoms with Crippen LogP contribution in [0, 0.1) is 0 Å². The maximum atomic E-state index is 9.63. The fourth-order valence-corrected chi connectivity index (χ4v) is 2.30. The molecule has 0 bridgehead atoms. The summed E-state index contributed by atoms with van der Waals surface area (Å²) in [5, 5.41) is 13.6. The van der Waals surface area contributed by atoms with Crippen molar-refractivity contribution < 1.29 is 9.63 Å². The summed E-state index contributed by atoms with van der Waals surface area (Å²) in [6, 6.07) is 3.69. The number of aliphatic hydroxyl groups is 1. The molecule has 6 heteroatoms. The van der Waals surface area contributed by atoms with Gasteiger partial charge in [0.1, 0.15) is 0 Å². The number of pyridine rings is 1. The average molecular weight is 260 g/mol. The number of likely N-dealkylation sites (tertiary alicyclic amines) is 1. The number of piperidine rings is 1. The molecule has 3 rings (SSSR count). The highest BCUT2D eigenvalue weighted by Gasteiger charge is 2.20. The number of rotatable bonds is 3. The van der Waals surface area contributed by atoms with Crippen molar-refractivity contribution in [3.63, 3.8) is 0 Å². The lowest BCUT2D eigenvalue weighted by Crippen LogP contribution is -2.37. The van der Waals surface area contributed by atoms with Crippen LogP contribution in [-0.2, 0) is 6.54 Å². The number of aromatic nitrogens is 3. The Morgan fingerprint density at radius 2 is 2.21 bits per heavy atom. The van der Waals surface area contributed by atoms with Crippen LogP contribution in [0.5, 0.6) is 0 Å². The van der Waals surface area contributed by atoms with Crippen LogP contribution in [0.15, 0.2) is 29.0 Å². The summed E-state index contributed by atoms with van der Waals surface area (Å²) in [5.74, 6) is 1.16. The molecule has 19 heavy (non-hydrogen) atoms. The maximum Gasteiger partial charge on any atom is 0.241 e. The van der Waals surface area contributed by atoms with Gasteiger partial charge >= 0.3 is 0 Å². The third-order valence-electron chi connectivity index (χ3n) is 3.25. The van der Waals surface area contributed by atoms with Crippen molar-refractivity contribution in [1.29, 1.82) is 0 Å². The van der Waals surface area contributed by atoms with Crippen molar-refractivity contribution in [3.05, 3.63) is 30.4 Å². The summed E-state index contributed by atoms with van der Waals surface area (Å²) >= 11 is 0. The summed E-state index contributed by atoms with van der Waals surface area (Å²) in [6.45, 7) is 2.23. The van der Waals surface area contributed by atoms with Crippen molar-refractivity contribution in [1.82, 2.24) is 20.0 Å². The van der Waals surface area contributed by atoms with Gasteiger partial charge in [-0.2, -0.15) is 4.98 Å². The van der Waals surface area contributed by atoms with Crippen LogP contribution in [0.4, 0.5) is 0 Å². The second-order valence-electron chi connectivity index (χ2n) is 4.78. The zero-order valence-electron chi connectivity index (χ0n) is 10.6. The Bertz CT molecular complexity index is 528. The van der Waals surface area contributed by atoms with Gasteiger partial charge in [-0.05, 0) is 31.5 Å². The Morgan fingerprint density at radius 1 is 1.37 bits per heavy atom. The molecule has 0 aromatic carbocycles. The topological polar surface area (TPSA) is 75.3 Å². The van der Waals surface area contributed by atoms with Crippen LogP contribution in [0.2, 0.25) is 0 Å². The minimum absolute atomic E-state index is 0.240. The van der Waals surface area contributed by atoms with Crippen LogP contribution in [0.25, 0.3) is 11.4 Å². The van der Waals surface area contributed by atoms with Crippen LogP contribution >= 0.6 is 0 Å². The Hall–Kier alpha value is -1.79. The Morgan fingerprint density at radius 3 is 3.00 bits per heavy atom. The smallest absolute Gasteiger partial charge is 0.241 e. The number of hydrogen-bond acceptors (Lipinski definition) is 6. The number of β-amino-alcohol motifs (C(OH)–C–C–N with tert-alkyl or cyclic N) is 1. The number of hydrogen-bond donors (Lipinski definition) is 1. The van der Waals surface area contributed by atoms with Crippen molar-refractivity contribution in [2.24, 2.45) is 0 Å². The van der Waals surface area contributed by atoms with E-state index in [4.69, 9.17) is 4.52 Å². The average Bonchev–Trinajstić information content (AvgIpc) is 2.88. The molecule has 0 saturated carbocycles. The molecule has 1 aliphatic heterocycles. The first-order valence-electron chi connectivity index (χ1n) is 6.44. The van der Waals surface area contributed by atoms with E-state index in [2.05, 4.69) is 20.0 Å². The Labute approximate surface area is 111 Å². The molecule has 1 fully saturated rings. The lowest BCUT2D eigenvalue weighted by Gasteiger charge is -2.28. The predicted molar refractivity (Wildman–Crippen MR) is 68.0 cm³/mol. The summed E-state index contributed by atoms with van der Waals surface area (Å²) in [4.78, 5) is 10.5. The van der Waals surface area contributed by atoms with Gasteiger partial charge in [0.2, 0.25) is 11.7 Å². The fourth-order valence-electron chi connectivity index (χ4n) is 2.30. The lowest BCUT2D eigenvalue weighted by molar-refractivity contribution is 0.0613. The molecule has 100 valence electrons. The third-order valence-corrected chi connectivity index (χ3v) is 3.25. The Balaban J connectivity index is 1.68. The van der Waals surface area contributed by atoms with Crippen molar-refractivity contribution >= 4 is 0 Å². The first-order chi connectivity index (χ1) is 9.31. The fraction of sp³-hybridized carbons (Fsp3) is 0.462. The van der Waals surface area contributed by atoms with Gasteiger partial charge in [0.25, 0.3) is 0 Å². The monoisotopic (exact) mass is 260 g/mol. The minimum atomic E-state index is -0.240. The zero-order valence-corrected chi connectivity index (χ0v) is 10.6. The van der Waals surface area contributed by atoms with Crippen molar-refractivity contribution in [3.8, 4) is 11.4 Å². The lowest BCUT2D eigenvalue weighted by atomic mass is 10.1. The predicted octanol–water partition coefficient (Wildman–Crippen LogP) is 1.09. The number of aliphatic hydroxyl groups excluding tert-OH is 1. The standard InChI is InChI=1S/C13H16N4O2/c18-11-2-1-7-17(8-11)9-12-15-13(16-19-12)10-3-5-14-6-4-10/h3-6,11,18H,1-2,7-9H2. The molecule has 1 saturated heterocycles. The Kier molecular flexibility index (Phi) is 3.52. The van der Waals surface area contributed by atoms with Gasteiger partial charge in [-0.25, -0.2) is 0 Å². The second kappa shape index (κ2) is 5.46. The van der Waals surface area contributed by atoms with E-state index in [0.29, 0.717) is 24.8 Å². The normalized spacial score (nSPS) is 20.6. The molecular formula is C13H16N4O2. The van der Waals surface area contributed by atoms with Crippen molar-refractivity contribution in [2.75, 3.05) is 13.1 Å². The second-order valence-corrected chi connectivity index (χ2v) is 4.78. The summed E-state index contributed by atoms with van der Waals surface area (Å²) < 4.78 is 5.25. The van der Waals surface area contributed by atoms with Crippen LogP contribution in [0.1, 0.15) is 18.7 Å². The van der Waals surface area contributed by atoms with Crippen LogP contribution in [-0.4, -0.2) is 44.3 Å². The highest BCUT2D eigenvalue weighted by molar-refractivity contribution is 5.52. The van der Waals surface area contributed by atoms with Gasteiger partial charge in [0, 0.05) is 24.5 Å². The largest absolute Gasteiger partial charge is 0.392 e. The van der Waals surface area contributed by atoms with E-state index in [9.17, 15) is 5.11 Å². The van der Waals surface area contributed by atoms with Gasteiger partial charge in [0.15, 0.2) is 0 Å². The molecule has 3 heterocycles. The van der Waals surface area contributed by atoms with Crippen LogP contribution < -0.4 is 0 Å². The van der Waals surface area contributed by atoms with E-state index >= 15 is 0 Å². The number of nitrogens with zero attached hydrogens (tertiary/aromatic N) is 4. The van der Waals surface area contributed by atoms with Gasteiger partial charge < -0.3 is 9.63 Å². The quantitative estimate of drug-likeness (QED) is 0.890.